The third-order valence-electron chi connectivity index (χ3n) is 2.64. The molecule has 2 nitrogen and oxygen atoms in total. The van der Waals surface area contributed by atoms with Crippen LogP contribution in [0.2, 0.25) is 0 Å². The Balaban J connectivity index is 2.11. The van der Waals surface area contributed by atoms with Crippen LogP contribution < -0.4 is 0 Å². The van der Waals surface area contributed by atoms with Gasteiger partial charge in [0.1, 0.15) is 0 Å². The molecule has 0 bridgehead atoms. The highest BCUT2D eigenvalue weighted by atomic mass is 16.5. The largest absolute Gasteiger partial charge is 0.488 e. The number of likely N-dealkylation sites (N-methyl/N-ethyl adjacent to an activating group) is 1. The molecule has 1 heterocycles. The molecule has 1 unspecified atom stereocenters. The van der Waals surface area contributed by atoms with Gasteiger partial charge in [-0.15, -0.1) is 0 Å². The smallest absolute Gasteiger partial charge is 0.156 e. The van der Waals surface area contributed by atoms with Crippen LogP contribution in [-0.4, -0.2) is 25.1 Å². The van der Waals surface area contributed by atoms with E-state index in [2.05, 4.69) is 35.3 Å². The van der Waals surface area contributed by atoms with Crippen LogP contribution in [0.15, 0.2) is 60.5 Å². The normalized spacial score (nSPS) is 18.9. The molecular weight excluding hydrogens is 210 g/mol. The molecule has 1 atom stereocenters. The second kappa shape index (κ2) is 5.39. The van der Waals surface area contributed by atoms with Gasteiger partial charge in [0, 0.05) is 14.1 Å². The van der Waals surface area contributed by atoms with Crippen LogP contribution in [0.1, 0.15) is 5.56 Å². The molecule has 0 saturated heterocycles. The predicted molar refractivity (Wildman–Crippen MR) is 71.3 cm³/mol. The number of ether oxygens (including phenoxy) is 1. The van der Waals surface area contributed by atoms with Gasteiger partial charge in [0.05, 0.1) is 12.0 Å². The van der Waals surface area contributed by atoms with Gasteiger partial charge in [0.25, 0.3) is 0 Å². The van der Waals surface area contributed by atoms with Gasteiger partial charge in [-0.25, -0.2) is 0 Å². The first kappa shape index (κ1) is 11.5. The van der Waals surface area contributed by atoms with Crippen molar-refractivity contribution < 1.29 is 4.74 Å². The molecule has 0 spiro atoms. The standard InChI is InChI=1S/C15H17NO/c1-16(2)14-9-6-12-17-15(14)11-10-13-7-4-3-5-8-13/h3-12,15H,1-2H3. The van der Waals surface area contributed by atoms with Crippen molar-refractivity contribution in [1.29, 1.82) is 0 Å². The fourth-order valence-electron chi connectivity index (χ4n) is 1.74. The Morgan fingerprint density at radius 3 is 2.65 bits per heavy atom. The average molecular weight is 227 g/mol. The Morgan fingerprint density at radius 1 is 1.18 bits per heavy atom. The highest BCUT2D eigenvalue weighted by molar-refractivity contribution is 5.50. The van der Waals surface area contributed by atoms with Crippen LogP contribution in [0.5, 0.6) is 0 Å². The zero-order valence-corrected chi connectivity index (χ0v) is 10.2. The van der Waals surface area contributed by atoms with E-state index in [0.717, 1.165) is 5.70 Å². The summed E-state index contributed by atoms with van der Waals surface area (Å²) >= 11 is 0. The van der Waals surface area contributed by atoms with Gasteiger partial charge in [-0.2, -0.15) is 0 Å². The van der Waals surface area contributed by atoms with E-state index in [0.29, 0.717) is 0 Å². The lowest BCUT2D eigenvalue weighted by atomic mass is 10.1. The molecule has 0 aliphatic carbocycles. The van der Waals surface area contributed by atoms with E-state index in [1.54, 1.807) is 6.26 Å². The van der Waals surface area contributed by atoms with Crippen molar-refractivity contribution in [3.8, 4) is 0 Å². The molecule has 0 amide bonds. The van der Waals surface area contributed by atoms with E-state index >= 15 is 0 Å². The van der Waals surface area contributed by atoms with Crippen LogP contribution in [0.3, 0.4) is 0 Å². The average Bonchev–Trinajstić information content (AvgIpc) is 2.38. The lowest BCUT2D eigenvalue weighted by Gasteiger charge is -2.25. The highest BCUT2D eigenvalue weighted by Crippen LogP contribution is 2.17. The number of rotatable bonds is 3. The molecule has 2 rings (SSSR count). The van der Waals surface area contributed by atoms with Gasteiger partial charge in [-0.3, -0.25) is 0 Å². The zero-order valence-electron chi connectivity index (χ0n) is 10.2. The summed E-state index contributed by atoms with van der Waals surface area (Å²) in [5.41, 5.74) is 2.34. The summed E-state index contributed by atoms with van der Waals surface area (Å²) < 4.78 is 5.60. The van der Waals surface area contributed by atoms with E-state index in [1.807, 2.05) is 38.4 Å². The Labute approximate surface area is 103 Å². The summed E-state index contributed by atoms with van der Waals surface area (Å²) in [6, 6.07) is 10.2. The first-order valence-corrected chi connectivity index (χ1v) is 5.70. The molecular formula is C15H17NO. The lowest BCUT2D eigenvalue weighted by molar-refractivity contribution is 0.185. The molecule has 0 radical (unpaired) electrons. The second-order valence-electron chi connectivity index (χ2n) is 4.14. The Kier molecular flexibility index (Phi) is 3.66. The van der Waals surface area contributed by atoms with Crippen molar-refractivity contribution in [3.63, 3.8) is 0 Å². The maximum absolute atomic E-state index is 5.60. The van der Waals surface area contributed by atoms with Crippen LogP contribution in [0.4, 0.5) is 0 Å². The molecule has 17 heavy (non-hydrogen) atoms. The van der Waals surface area contributed by atoms with Gasteiger partial charge >= 0.3 is 0 Å². The van der Waals surface area contributed by atoms with Crippen molar-refractivity contribution in [2.45, 2.75) is 6.10 Å². The summed E-state index contributed by atoms with van der Waals surface area (Å²) in [6.45, 7) is 0. The first-order chi connectivity index (χ1) is 8.27. The zero-order chi connectivity index (χ0) is 12.1. The highest BCUT2D eigenvalue weighted by Gasteiger charge is 2.14. The van der Waals surface area contributed by atoms with Gasteiger partial charge in [0.15, 0.2) is 6.10 Å². The summed E-state index contributed by atoms with van der Waals surface area (Å²) in [5.74, 6) is 0. The first-order valence-electron chi connectivity index (χ1n) is 5.70. The van der Waals surface area contributed by atoms with Gasteiger partial charge in [0.2, 0.25) is 0 Å². The Bertz CT molecular complexity index is 443. The minimum absolute atomic E-state index is 0.00444. The van der Waals surface area contributed by atoms with Crippen molar-refractivity contribution >= 4 is 6.08 Å². The maximum Gasteiger partial charge on any atom is 0.156 e. The second-order valence-corrected chi connectivity index (χ2v) is 4.14. The molecule has 2 heteroatoms. The fourth-order valence-corrected chi connectivity index (χ4v) is 1.74. The third kappa shape index (κ3) is 3.00. The van der Waals surface area contributed by atoms with E-state index < -0.39 is 0 Å². The van der Waals surface area contributed by atoms with Crippen molar-refractivity contribution in [2.24, 2.45) is 0 Å². The number of nitrogens with zero attached hydrogens (tertiary/aromatic N) is 1. The number of hydrogen-bond acceptors (Lipinski definition) is 2. The molecule has 0 saturated carbocycles. The van der Waals surface area contributed by atoms with Crippen molar-refractivity contribution in [1.82, 2.24) is 4.90 Å². The number of hydrogen-bond donors (Lipinski definition) is 0. The molecule has 1 aromatic carbocycles. The quantitative estimate of drug-likeness (QED) is 0.787. The Hall–Kier alpha value is -1.96. The summed E-state index contributed by atoms with van der Waals surface area (Å²) in [6.07, 6.45) is 9.88. The lowest BCUT2D eigenvalue weighted by Crippen LogP contribution is -2.24. The van der Waals surface area contributed by atoms with E-state index in [4.69, 9.17) is 4.74 Å². The monoisotopic (exact) mass is 227 g/mol. The van der Waals surface area contributed by atoms with E-state index in [1.165, 1.54) is 5.56 Å². The minimum atomic E-state index is -0.00444. The van der Waals surface area contributed by atoms with Crippen molar-refractivity contribution in [3.05, 3.63) is 66.1 Å². The van der Waals surface area contributed by atoms with E-state index in [-0.39, 0.29) is 6.10 Å². The fraction of sp³-hybridized carbons (Fsp3) is 0.200. The minimum Gasteiger partial charge on any atom is -0.488 e. The predicted octanol–water partition coefficient (Wildman–Crippen LogP) is 3.06. The topological polar surface area (TPSA) is 12.5 Å². The van der Waals surface area contributed by atoms with Crippen molar-refractivity contribution in [2.75, 3.05) is 14.1 Å². The number of allylic oxidation sites excluding steroid dienone is 2. The van der Waals surface area contributed by atoms with Gasteiger partial charge in [-0.05, 0) is 23.8 Å². The summed E-state index contributed by atoms with van der Waals surface area (Å²) in [4.78, 5) is 2.07. The van der Waals surface area contributed by atoms with Crippen LogP contribution in [0.25, 0.3) is 6.08 Å². The molecule has 1 aliphatic rings. The van der Waals surface area contributed by atoms with Crippen LogP contribution >= 0.6 is 0 Å². The van der Waals surface area contributed by atoms with E-state index in [9.17, 15) is 0 Å². The SMILES string of the molecule is CN(C)C1=CC=COC1C=Cc1ccccc1. The molecule has 1 aliphatic heterocycles. The summed E-state index contributed by atoms with van der Waals surface area (Å²) in [5, 5.41) is 0. The van der Waals surface area contributed by atoms with Crippen LogP contribution in [0, 0.1) is 0 Å². The summed E-state index contributed by atoms with van der Waals surface area (Å²) in [7, 11) is 4.05. The molecule has 0 aromatic heterocycles. The third-order valence-corrected chi connectivity index (χ3v) is 2.64. The molecule has 0 fully saturated rings. The molecule has 1 aromatic rings. The Morgan fingerprint density at radius 2 is 1.94 bits per heavy atom. The number of benzene rings is 1. The van der Waals surface area contributed by atoms with Gasteiger partial charge < -0.3 is 9.64 Å². The maximum atomic E-state index is 5.60. The molecule has 0 N–H and O–H groups in total. The van der Waals surface area contributed by atoms with Gasteiger partial charge in [-0.1, -0.05) is 36.4 Å². The molecule has 88 valence electrons. The van der Waals surface area contributed by atoms with Crippen LogP contribution in [-0.2, 0) is 4.74 Å².